The Morgan fingerprint density at radius 3 is 2.93 bits per heavy atom. The summed E-state index contributed by atoms with van der Waals surface area (Å²) in [5, 5.41) is 3.54. The second-order valence-electron chi connectivity index (χ2n) is 4.42. The quantitative estimate of drug-likeness (QED) is 0.770. The van der Waals surface area contributed by atoms with E-state index in [9.17, 15) is 0 Å². The molecule has 4 heteroatoms. The molecule has 1 N–H and O–H groups in total. The van der Waals surface area contributed by atoms with Gasteiger partial charge in [-0.2, -0.15) is 11.8 Å². The van der Waals surface area contributed by atoms with Crippen LogP contribution in [0.4, 0.5) is 0 Å². The van der Waals surface area contributed by atoms with Gasteiger partial charge in [-0.25, -0.2) is 0 Å². The molecule has 2 atom stereocenters. The van der Waals surface area contributed by atoms with Crippen LogP contribution >= 0.6 is 11.8 Å². The van der Waals surface area contributed by atoms with Gasteiger partial charge in [0.2, 0.25) is 0 Å². The van der Waals surface area contributed by atoms with Crippen LogP contribution in [0.1, 0.15) is 20.3 Å². The summed E-state index contributed by atoms with van der Waals surface area (Å²) < 4.78 is 11.2. The molecule has 2 aliphatic heterocycles. The van der Waals surface area contributed by atoms with Crippen molar-refractivity contribution >= 4 is 11.8 Å². The summed E-state index contributed by atoms with van der Waals surface area (Å²) in [6, 6.07) is 0.687. The van der Waals surface area contributed by atoms with Gasteiger partial charge in [0.15, 0.2) is 5.79 Å². The molecule has 2 rings (SSSR count). The monoisotopic (exact) mass is 217 g/mol. The van der Waals surface area contributed by atoms with Crippen LogP contribution in [0.15, 0.2) is 0 Å². The van der Waals surface area contributed by atoms with Gasteiger partial charge >= 0.3 is 0 Å². The molecule has 0 amide bonds. The molecule has 0 aromatic carbocycles. The maximum atomic E-state index is 5.72. The minimum atomic E-state index is -0.378. The Bertz CT molecular complexity index is 193. The van der Waals surface area contributed by atoms with Gasteiger partial charge in [0.25, 0.3) is 0 Å². The van der Waals surface area contributed by atoms with E-state index in [0.29, 0.717) is 6.04 Å². The summed E-state index contributed by atoms with van der Waals surface area (Å²) in [6.45, 7) is 5.59. The third kappa shape index (κ3) is 2.86. The predicted molar refractivity (Wildman–Crippen MR) is 58.6 cm³/mol. The largest absolute Gasteiger partial charge is 0.348 e. The first-order chi connectivity index (χ1) is 6.66. The van der Waals surface area contributed by atoms with E-state index < -0.39 is 0 Å². The van der Waals surface area contributed by atoms with Crippen LogP contribution in [0.3, 0.4) is 0 Å². The lowest BCUT2D eigenvalue weighted by Gasteiger charge is -2.18. The van der Waals surface area contributed by atoms with Crippen molar-refractivity contribution in [2.24, 2.45) is 0 Å². The lowest BCUT2D eigenvalue weighted by molar-refractivity contribution is -0.137. The number of hydrogen-bond donors (Lipinski definition) is 1. The molecular weight excluding hydrogens is 198 g/mol. The standard InChI is InChI=1S/C10H19NO2S/c1-10(2)12-6-9(13-10)5-11-8-3-4-14-7-8/h8-9,11H,3-7H2,1-2H3. The average Bonchev–Trinajstić information content (AvgIpc) is 2.70. The lowest BCUT2D eigenvalue weighted by Crippen LogP contribution is -2.37. The fourth-order valence-electron chi connectivity index (χ4n) is 1.86. The van der Waals surface area contributed by atoms with Gasteiger partial charge < -0.3 is 14.8 Å². The third-order valence-electron chi connectivity index (χ3n) is 2.63. The first-order valence-electron chi connectivity index (χ1n) is 5.29. The maximum absolute atomic E-state index is 5.72. The highest BCUT2D eigenvalue weighted by atomic mass is 32.2. The Kier molecular flexibility index (Phi) is 3.37. The zero-order chi connectivity index (χ0) is 10.0. The van der Waals surface area contributed by atoms with Crippen molar-refractivity contribution in [3.8, 4) is 0 Å². The second kappa shape index (κ2) is 4.39. The second-order valence-corrected chi connectivity index (χ2v) is 5.57. The van der Waals surface area contributed by atoms with E-state index in [1.54, 1.807) is 0 Å². The SMILES string of the molecule is CC1(C)OCC(CNC2CCSC2)O1. The molecule has 2 saturated heterocycles. The third-order valence-corrected chi connectivity index (χ3v) is 3.79. The van der Waals surface area contributed by atoms with Gasteiger partial charge in [-0.1, -0.05) is 0 Å². The van der Waals surface area contributed by atoms with Gasteiger partial charge in [-0.3, -0.25) is 0 Å². The fraction of sp³-hybridized carbons (Fsp3) is 1.00. The Hall–Kier alpha value is 0.230. The normalized spacial score (nSPS) is 36.4. The van der Waals surface area contributed by atoms with E-state index in [2.05, 4.69) is 5.32 Å². The van der Waals surface area contributed by atoms with Crippen LogP contribution in [0.5, 0.6) is 0 Å². The van der Waals surface area contributed by atoms with Crippen molar-refractivity contribution in [2.45, 2.75) is 38.2 Å². The molecule has 14 heavy (non-hydrogen) atoms. The van der Waals surface area contributed by atoms with E-state index in [1.807, 2.05) is 25.6 Å². The van der Waals surface area contributed by atoms with E-state index in [0.717, 1.165) is 13.2 Å². The number of hydrogen-bond acceptors (Lipinski definition) is 4. The predicted octanol–water partition coefficient (Wildman–Crippen LogP) is 1.23. The van der Waals surface area contributed by atoms with Crippen LogP contribution in [-0.4, -0.2) is 42.6 Å². The topological polar surface area (TPSA) is 30.5 Å². The maximum Gasteiger partial charge on any atom is 0.163 e. The van der Waals surface area contributed by atoms with Crippen molar-refractivity contribution in [3.05, 3.63) is 0 Å². The van der Waals surface area contributed by atoms with Gasteiger partial charge in [0.05, 0.1) is 12.7 Å². The average molecular weight is 217 g/mol. The van der Waals surface area contributed by atoms with Gasteiger partial charge in [0, 0.05) is 18.3 Å². The van der Waals surface area contributed by atoms with Crippen LogP contribution in [0.2, 0.25) is 0 Å². The molecule has 0 aromatic heterocycles. The van der Waals surface area contributed by atoms with E-state index in [-0.39, 0.29) is 11.9 Å². The summed E-state index contributed by atoms with van der Waals surface area (Å²) in [5.41, 5.74) is 0. The van der Waals surface area contributed by atoms with Crippen LogP contribution in [-0.2, 0) is 9.47 Å². The summed E-state index contributed by atoms with van der Waals surface area (Å²) in [4.78, 5) is 0. The molecule has 82 valence electrons. The highest BCUT2D eigenvalue weighted by molar-refractivity contribution is 7.99. The number of thioether (sulfide) groups is 1. The Labute approximate surface area is 89.9 Å². The summed E-state index contributed by atoms with van der Waals surface area (Å²) in [5.74, 6) is 2.17. The van der Waals surface area contributed by atoms with E-state index in [1.165, 1.54) is 17.9 Å². The van der Waals surface area contributed by atoms with Crippen molar-refractivity contribution < 1.29 is 9.47 Å². The molecule has 0 spiro atoms. The van der Waals surface area contributed by atoms with Gasteiger partial charge in [-0.15, -0.1) is 0 Å². The molecule has 0 aliphatic carbocycles. The Morgan fingerprint density at radius 1 is 1.50 bits per heavy atom. The lowest BCUT2D eigenvalue weighted by atomic mass is 10.2. The fourth-order valence-corrected chi connectivity index (χ4v) is 3.04. The first kappa shape index (κ1) is 10.7. The van der Waals surface area contributed by atoms with Crippen LogP contribution < -0.4 is 5.32 Å². The van der Waals surface area contributed by atoms with E-state index >= 15 is 0 Å². The zero-order valence-electron chi connectivity index (χ0n) is 8.91. The first-order valence-corrected chi connectivity index (χ1v) is 6.44. The van der Waals surface area contributed by atoms with Crippen LogP contribution in [0, 0.1) is 0 Å². The van der Waals surface area contributed by atoms with Gasteiger partial charge in [-0.05, 0) is 26.0 Å². The van der Waals surface area contributed by atoms with Crippen LogP contribution in [0.25, 0.3) is 0 Å². The Morgan fingerprint density at radius 2 is 2.36 bits per heavy atom. The highest BCUT2D eigenvalue weighted by Crippen LogP contribution is 2.22. The minimum absolute atomic E-state index is 0.232. The number of rotatable bonds is 3. The van der Waals surface area contributed by atoms with Crippen molar-refractivity contribution in [1.29, 1.82) is 0 Å². The summed E-state index contributed by atoms with van der Waals surface area (Å²) in [7, 11) is 0. The molecule has 2 aliphatic rings. The molecule has 2 heterocycles. The zero-order valence-corrected chi connectivity index (χ0v) is 9.73. The Balaban J connectivity index is 1.66. The molecule has 0 radical (unpaired) electrons. The smallest absolute Gasteiger partial charge is 0.163 e. The van der Waals surface area contributed by atoms with Crippen molar-refractivity contribution in [3.63, 3.8) is 0 Å². The highest BCUT2D eigenvalue weighted by Gasteiger charge is 2.32. The number of ether oxygens (including phenoxy) is 2. The van der Waals surface area contributed by atoms with Crippen molar-refractivity contribution in [1.82, 2.24) is 5.32 Å². The van der Waals surface area contributed by atoms with Gasteiger partial charge in [0.1, 0.15) is 0 Å². The molecular formula is C10H19NO2S. The molecule has 2 unspecified atom stereocenters. The summed E-state index contributed by atoms with van der Waals surface area (Å²) in [6.07, 6.45) is 1.53. The molecule has 2 fully saturated rings. The number of nitrogens with one attached hydrogen (secondary N) is 1. The molecule has 3 nitrogen and oxygen atoms in total. The molecule has 0 saturated carbocycles. The van der Waals surface area contributed by atoms with Crippen molar-refractivity contribution in [2.75, 3.05) is 24.7 Å². The molecule has 0 bridgehead atoms. The molecule has 0 aromatic rings. The van der Waals surface area contributed by atoms with E-state index in [4.69, 9.17) is 9.47 Å². The summed E-state index contributed by atoms with van der Waals surface area (Å²) >= 11 is 2.03. The minimum Gasteiger partial charge on any atom is -0.348 e.